The predicted molar refractivity (Wildman–Crippen MR) is 93.3 cm³/mol. The lowest BCUT2D eigenvalue weighted by atomic mass is 9.90. The molecule has 1 rings (SSSR count). The van der Waals surface area contributed by atoms with E-state index < -0.39 is 5.54 Å². The van der Waals surface area contributed by atoms with Crippen LogP contribution in [0, 0.1) is 11.8 Å². The SMILES string of the molecule is CCC(C)CC(=O)NCC(C)(CC(C)C)NC(=O)Cc1ccon1. The van der Waals surface area contributed by atoms with Gasteiger partial charge in [-0.3, -0.25) is 9.59 Å². The van der Waals surface area contributed by atoms with E-state index in [1.807, 2.05) is 6.92 Å². The van der Waals surface area contributed by atoms with Crippen molar-refractivity contribution < 1.29 is 14.1 Å². The molecule has 0 radical (unpaired) electrons. The maximum Gasteiger partial charge on any atom is 0.226 e. The Balaban J connectivity index is 2.60. The average molecular weight is 337 g/mol. The molecule has 1 aromatic heterocycles. The molecule has 0 saturated carbocycles. The molecule has 0 saturated heterocycles. The fourth-order valence-corrected chi connectivity index (χ4v) is 2.77. The normalized spacial score (nSPS) is 14.9. The number of aromatic nitrogens is 1. The molecule has 2 atom stereocenters. The number of hydrogen-bond donors (Lipinski definition) is 2. The second-order valence-electron chi connectivity index (χ2n) is 7.37. The summed E-state index contributed by atoms with van der Waals surface area (Å²) < 4.78 is 4.75. The Kier molecular flexibility index (Phi) is 7.95. The van der Waals surface area contributed by atoms with E-state index in [4.69, 9.17) is 4.52 Å². The monoisotopic (exact) mass is 337 g/mol. The van der Waals surface area contributed by atoms with E-state index in [2.05, 4.69) is 43.5 Å². The summed E-state index contributed by atoms with van der Waals surface area (Å²) in [6, 6.07) is 1.67. The van der Waals surface area contributed by atoms with Crippen molar-refractivity contribution in [3.63, 3.8) is 0 Å². The van der Waals surface area contributed by atoms with E-state index in [1.54, 1.807) is 6.07 Å². The van der Waals surface area contributed by atoms with Crippen molar-refractivity contribution in [2.75, 3.05) is 6.54 Å². The van der Waals surface area contributed by atoms with Crippen molar-refractivity contribution in [2.24, 2.45) is 11.8 Å². The highest BCUT2D eigenvalue weighted by Gasteiger charge is 2.28. The highest BCUT2D eigenvalue weighted by Crippen LogP contribution is 2.17. The Morgan fingerprint density at radius 2 is 2.00 bits per heavy atom. The number of rotatable bonds is 10. The number of hydrogen-bond acceptors (Lipinski definition) is 4. The van der Waals surface area contributed by atoms with E-state index in [0.717, 1.165) is 12.8 Å². The lowest BCUT2D eigenvalue weighted by Crippen LogP contribution is -2.54. The molecule has 0 aliphatic heterocycles. The standard InChI is InChI=1S/C18H31N3O3/c1-6-14(4)9-16(22)19-12-18(5,11-13(2)3)20-17(23)10-15-7-8-24-21-15/h7-8,13-14H,6,9-12H2,1-5H3,(H,19,22)(H,20,23). The second-order valence-corrected chi connectivity index (χ2v) is 7.37. The molecular weight excluding hydrogens is 306 g/mol. The van der Waals surface area contributed by atoms with Crippen LogP contribution in [0.25, 0.3) is 0 Å². The lowest BCUT2D eigenvalue weighted by molar-refractivity contribution is -0.125. The van der Waals surface area contributed by atoms with Crippen LogP contribution in [0.2, 0.25) is 0 Å². The molecule has 0 spiro atoms. The third-order valence-electron chi connectivity index (χ3n) is 4.04. The van der Waals surface area contributed by atoms with Crippen molar-refractivity contribution in [3.05, 3.63) is 18.0 Å². The van der Waals surface area contributed by atoms with Crippen LogP contribution in [0.3, 0.4) is 0 Å². The molecule has 24 heavy (non-hydrogen) atoms. The molecule has 1 aromatic rings. The summed E-state index contributed by atoms with van der Waals surface area (Å²) in [5, 5.41) is 9.78. The van der Waals surface area contributed by atoms with E-state index in [0.29, 0.717) is 30.5 Å². The van der Waals surface area contributed by atoms with Crippen LogP contribution < -0.4 is 10.6 Å². The first-order chi connectivity index (χ1) is 11.2. The van der Waals surface area contributed by atoms with Crippen molar-refractivity contribution >= 4 is 11.8 Å². The fourth-order valence-electron chi connectivity index (χ4n) is 2.77. The Morgan fingerprint density at radius 3 is 2.54 bits per heavy atom. The minimum Gasteiger partial charge on any atom is -0.364 e. The lowest BCUT2D eigenvalue weighted by Gasteiger charge is -2.33. The fraction of sp³-hybridized carbons (Fsp3) is 0.722. The average Bonchev–Trinajstić information content (AvgIpc) is 2.96. The van der Waals surface area contributed by atoms with Gasteiger partial charge >= 0.3 is 0 Å². The molecule has 0 aliphatic rings. The molecule has 6 nitrogen and oxygen atoms in total. The first-order valence-corrected chi connectivity index (χ1v) is 8.71. The Hall–Kier alpha value is -1.85. The van der Waals surface area contributed by atoms with E-state index in [1.165, 1.54) is 6.26 Å². The van der Waals surface area contributed by atoms with Crippen molar-refractivity contribution in [3.8, 4) is 0 Å². The highest BCUT2D eigenvalue weighted by molar-refractivity contribution is 5.79. The molecular formula is C18H31N3O3. The zero-order valence-electron chi connectivity index (χ0n) is 15.5. The molecule has 2 N–H and O–H groups in total. The smallest absolute Gasteiger partial charge is 0.226 e. The second kappa shape index (κ2) is 9.45. The summed E-state index contributed by atoms with van der Waals surface area (Å²) in [5.41, 5.74) is 0.111. The van der Waals surface area contributed by atoms with Crippen molar-refractivity contribution in [1.82, 2.24) is 15.8 Å². The van der Waals surface area contributed by atoms with Gasteiger partial charge in [-0.2, -0.15) is 0 Å². The summed E-state index contributed by atoms with van der Waals surface area (Å²) in [6.45, 7) is 10.7. The van der Waals surface area contributed by atoms with Gasteiger partial charge in [-0.15, -0.1) is 0 Å². The topological polar surface area (TPSA) is 84.2 Å². The maximum absolute atomic E-state index is 12.3. The van der Waals surface area contributed by atoms with Crippen LogP contribution in [-0.4, -0.2) is 29.1 Å². The van der Waals surface area contributed by atoms with Gasteiger partial charge in [0.15, 0.2) is 0 Å². The molecule has 0 aliphatic carbocycles. The van der Waals surface area contributed by atoms with Crippen LogP contribution in [-0.2, 0) is 16.0 Å². The predicted octanol–water partition coefficient (Wildman–Crippen LogP) is 2.69. The molecule has 2 unspecified atom stereocenters. The Bertz CT molecular complexity index is 514. The zero-order chi connectivity index (χ0) is 18.2. The number of carbonyl (C=O) groups excluding carboxylic acids is 2. The summed E-state index contributed by atoms with van der Waals surface area (Å²) in [5.74, 6) is 0.672. The van der Waals surface area contributed by atoms with Gasteiger partial charge in [0.25, 0.3) is 0 Å². The molecule has 0 aromatic carbocycles. The molecule has 0 fully saturated rings. The Labute approximate surface area is 144 Å². The number of carbonyl (C=O) groups is 2. The summed E-state index contributed by atoms with van der Waals surface area (Å²) in [4.78, 5) is 24.3. The van der Waals surface area contributed by atoms with Gasteiger partial charge in [0, 0.05) is 19.0 Å². The third-order valence-corrected chi connectivity index (χ3v) is 4.04. The van der Waals surface area contributed by atoms with Crippen LogP contribution in [0.1, 0.15) is 59.6 Å². The van der Waals surface area contributed by atoms with E-state index in [-0.39, 0.29) is 18.2 Å². The third kappa shape index (κ3) is 7.62. The number of nitrogens with zero attached hydrogens (tertiary/aromatic N) is 1. The summed E-state index contributed by atoms with van der Waals surface area (Å²) in [7, 11) is 0. The van der Waals surface area contributed by atoms with Gasteiger partial charge in [0.2, 0.25) is 11.8 Å². The molecule has 136 valence electrons. The molecule has 6 heteroatoms. The van der Waals surface area contributed by atoms with Crippen LogP contribution in [0.4, 0.5) is 0 Å². The Morgan fingerprint density at radius 1 is 1.29 bits per heavy atom. The van der Waals surface area contributed by atoms with Crippen LogP contribution in [0.5, 0.6) is 0 Å². The minimum absolute atomic E-state index is 0.0325. The van der Waals surface area contributed by atoms with Gasteiger partial charge in [0.1, 0.15) is 6.26 Å². The van der Waals surface area contributed by atoms with E-state index in [9.17, 15) is 9.59 Å². The van der Waals surface area contributed by atoms with Gasteiger partial charge in [-0.25, -0.2) is 0 Å². The van der Waals surface area contributed by atoms with Gasteiger partial charge in [-0.1, -0.05) is 39.3 Å². The molecule has 2 amide bonds. The number of amides is 2. The zero-order valence-corrected chi connectivity index (χ0v) is 15.5. The molecule has 1 heterocycles. The number of nitrogens with one attached hydrogen (secondary N) is 2. The highest BCUT2D eigenvalue weighted by atomic mass is 16.5. The van der Waals surface area contributed by atoms with Crippen LogP contribution >= 0.6 is 0 Å². The van der Waals surface area contributed by atoms with Gasteiger partial charge in [0.05, 0.1) is 17.7 Å². The van der Waals surface area contributed by atoms with Gasteiger partial charge in [-0.05, 0) is 25.2 Å². The van der Waals surface area contributed by atoms with Crippen molar-refractivity contribution in [2.45, 2.75) is 65.8 Å². The summed E-state index contributed by atoms with van der Waals surface area (Å²) in [6.07, 6.45) is 3.89. The van der Waals surface area contributed by atoms with Gasteiger partial charge < -0.3 is 15.2 Å². The first-order valence-electron chi connectivity index (χ1n) is 8.71. The quantitative estimate of drug-likeness (QED) is 0.687. The first kappa shape index (κ1) is 20.2. The molecule has 0 bridgehead atoms. The minimum atomic E-state index is -0.486. The maximum atomic E-state index is 12.3. The van der Waals surface area contributed by atoms with Crippen LogP contribution in [0.15, 0.2) is 16.9 Å². The van der Waals surface area contributed by atoms with Crippen molar-refractivity contribution in [1.29, 1.82) is 0 Å². The largest absolute Gasteiger partial charge is 0.364 e. The van der Waals surface area contributed by atoms with E-state index >= 15 is 0 Å². The summed E-state index contributed by atoms with van der Waals surface area (Å²) >= 11 is 0.